The van der Waals surface area contributed by atoms with Gasteiger partial charge in [0.1, 0.15) is 0 Å². The van der Waals surface area contributed by atoms with Gasteiger partial charge in [0.2, 0.25) is 0 Å². The number of hydrogen-bond donors (Lipinski definition) is 0. The molecule has 0 aliphatic carbocycles. The van der Waals surface area contributed by atoms with Crippen LogP contribution in [0.3, 0.4) is 0 Å². The van der Waals surface area contributed by atoms with E-state index in [0.717, 1.165) is 7.36 Å². The summed E-state index contributed by atoms with van der Waals surface area (Å²) in [6.07, 6.45) is 16.9. The quantitative estimate of drug-likeness (QED) is 0.314. The van der Waals surface area contributed by atoms with Crippen molar-refractivity contribution in [2.45, 2.75) is 77.6 Å². The van der Waals surface area contributed by atoms with Gasteiger partial charge in [-0.2, -0.15) is 0 Å². The highest BCUT2D eigenvalue weighted by Crippen LogP contribution is 2.11. The molecular formula is C13H27PS. The van der Waals surface area contributed by atoms with Gasteiger partial charge >= 0.3 is 0 Å². The van der Waals surface area contributed by atoms with E-state index in [2.05, 4.69) is 6.92 Å². The van der Waals surface area contributed by atoms with Gasteiger partial charge in [-0.25, -0.2) is 0 Å². The van der Waals surface area contributed by atoms with Crippen molar-refractivity contribution in [2.24, 2.45) is 0 Å². The molecule has 0 N–H and O–H groups in total. The maximum atomic E-state index is 4.89. The molecule has 0 saturated heterocycles. The molecule has 0 unspecified atom stereocenters. The van der Waals surface area contributed by atoms with Crippen molar-refractivity contribution in [2.75, 3.05) is 6.16 Å². The van der Waals surface area contributed by atoms with Gasteiger partial charge in [0.15, 0.2) is 0 Å². The molecule has 0 atom stereocenters. The molecule has 0 amide bonds. The molecule has 0 saturated carbocycles. The van der Waals surface area contributed by atoms with Gasteiger partial charge in [0, 0.05) is 0 Å². The van der Waals surface area contributed by atoms with Gasteiger partial charge in [-0.05, 0) is 19.9 Å². The van der Waals surface area contributed by atoms with E-state index >= 15 is 0 Å². The van der Waals surface area contributed by atoms with Crippen LogP contribution in [0.5, 0.6) is 0 Å². The molecule has 0 aromatic heterocycles. The van der Waals surface area contributed by atoms with Crippen molar-refractivity contribution in [3.05, 3.63) is 0 Å². The zero-order valence-electron chi connectivity index (χ0n) is 10.3. The van der Waals surface area contributed by atoms with Crippen molar-refractivity contribution in [1.29, 1.82) is 0 Å². The average Bonchev–Trinajstić information content (AvgIpc) is 2.26. The summed E-state index contributed by atoms with van der Waals surface area (Å²) < 4.78 is 0. The fourth-order valence-electron chi connectivity index (χ4n) is 1.84. The molecule has 2 heteroatoms. The molecule has 0 fully saturated rings. The van der Waals surface area contributed by atoms with Gasteiger partial charge in [-0.1, -0.05) is 82.9 Å². The van der Waals surface area contributed by atoms with Crippen LogP contribution in [-0.2, 0) is 11.8 Å². The Hall–Kier alpha value is 0.520. The summed E-state index contributed by atoms with van der Waals surface area (Å²) in [5.74, 6) is 0. The predicted molar refractivity (Wildman–Crippen MR) is 75.6 cm³/mol. The van der Waals surface area contributed by atoms with Gasteiger partial charge in [-0.15, -0.1) is 0 Å². The topological polar surface area (TPSA) is 0 Å². The third kappa shape index (κ3) is 14.5. The first-order chi connectivity index (χ1) is 7.41. The van der Waals surface area contributed by atoms with Crippen LogP contribution < -0.4 is 0 Å². The normalized spacial score (nSPS) is 11.0. The zero-order valence-corrected chi connectivity index (χ0v) is 12.1. The molecule has 0 bridgehead atoms. The van der Waals surface area contributed by atoms with Crippen LogP contribution in [0.1, 0.15) is 77.6 Å². The predicted octanol–water partition coefficient (Wildman–Crippen LogP) is 5.71. The van der Waals surface area contributed by atoms with Crippen molar-refractivity contribution in [3.8, 4) is 0 Å². The molecule has 0 spiro atoms. The minimum Gasteiger partial charge on any atom is -0.0654 e. The summed E-state index contributed by atoms with van der Waals surface area (Å²) in [5, 5.41) is 0. The Bertz CT molecular complexity index is 126. The third-order valence-corrected chi connectivity index (χ3v) is 3.90. The molecule has 0 aliphatic rings. The lowest BCUT2D eigenvalue weighted by molar-refractivity contribution is 0.555. The highest BCUT2D eigenvalue weighted by Gasteiger charge is 1.92. The molecule has 0 radical (unpaired) electrons. The van der Waals surface area contributed by atoms with Gasteiger partial charge in [0.25, 0.3) is 0 Å². The van der Waals surface area contributed by atoms with E-state index in [4.69, 9.17) is 11.8 Å². The summed E-state index contributed by atoms with van der Waals surface area (Å²) in [6.45, 7) is 2.28. The first kappa shape index (κ1) is 15.5. The Balaban J connectivity index is 2.83. The fourth-order valence-corrected chi connectivity index (χ4v) is 2.58. The lowest BCUT2D eigenvalue weighted by atomic mass is 10.1. The van der Waals surface area contributed by atoms with Crippen molar-refractivity contribution in [1.82, 2.24) is 0 Å². The fraction of sp³-hybridized carbons (Fsp3) is 1.00. The molecule has 0 aromatic carbocycles. The van der Waals surface area contributed by atoms with Crippen LogP contribution in [-0.4, -0.2) is 6.16 Å². The van der Waals surface area contributed by atoms with Gasteiger partial charge in [0.05, 0.1) is 0 Å². The molecule has 0 aromatic rings. The number of unbranched alkanes of at least 4 members (excludes halogenated alkanes) is 10. The summed E-state index contributed by atoms with van der Waals surface area (Å²) in [6, 6.07) is 0. The second kappa shape index (κ2) is 14.5. The van der Waals surface area contributed by atoms with E-state index in [9.17, 15) is 0 Å². The maximum Gasteiger partial charge on any atom is -0.000157 e. The van der Waals surface area contributed by atoms with E-state index in [0.29, 0.717) is 0 Å². The van der Waals surface area contributed by atoms with Crippen molar-refractivity contribution >= 4 is 19.2 Å². The minimum atomic E-state index is 1.16. The van der Waals surface area contributed by atoms with E-state index in [-0.39, 0.29) is 0 Å². The Morgan fingerprint density at radius 2 is 1.07 bits per heavy atom. The summed E-state index contributed by atoms with van der Waals surface area (Å²) in [4.78, 5) is 0. The zero-order chi connectivity index (χ0) is 11.2. The lowest BCUT2D eigenvalue weighted by Gasteiger charge is -2.01. The standard InChI is InChI=1S/C13H27PS/c1-2-3-4-5-6-7-8-9-10-11-12-13-14-15/h2-13H2,1H3. The van der Waals surface area contributed by atoms with Crippen LogP contribution in [0.25, 0.3) is 0 Å². The number of rotatable bonds is 12. The SMILES string of the molecule is CCCCCCCCCCCCCP=S. The Kier molecular flexibility index (Phi) is 15.0. The lowest BCUT2D eigenvalue weighted by Crippen LogP contribution is -1.82. The van der Waals surface area contributed by atoms with Crippen molar-refractivity contribution in [3.63, 3.8) is 0 Å². The second-order valence-electron chi connectivity index (χ2n) is 4.39. The average molecular weight is 246 g/mol. The molecule has 0 aliphatic heterocycles. The van der Waals surface area contributed by atoms with Crippen molar-refractivity contribution < 1.29 is 0 Å². The van der Waals surface area contributed by atoms with Crippen LogP contribution in [0, 0.1) is 0 Å². The van der Waals surface area contributed by atoms with Gasteiger partial charge < -0.3 is 0 Å². The van der Waals surface area contributed by atoms with E-state index in [1.165, 1.54) is 76.8 Å². The summed E-state index contributed by atoms with van der Waals surface area (Å²) in [5.41, 5.74) is 0. The Labute approximate surface area is 103 Å². The summed E-state index contributed by atoms with van der Waals surface area (Å²) in [7, 11) is 1.16. The molecule has 0 rings (SSSR count). The van der Waals surface area contributed by atoms with E-state index in [1.807, 2.05) is 0 Å². The van der Waals surface area contributed by atoms with E-state index in [1.54, 1.807) is 0 Å². The molecule has 0 nitrogen and oxygen atoms in total. The smallest absolute Gasteiger partial charge is 0.000157 e. The van der Waals surface area contributed by atoms with Crippen LogP contribution in [0.2, 0.25) is 0 Å². The largest absolute Gasteiger partial charge is 0.0654 e. The van der Waals surface area contributed by atoms with Gasteiger partial charge in [-0.3, -0.25) is 0 Å². The summed E-state index contributed by atoms with van der Waals surface area (Å²) >= 11 is 4.89. The highest BCUT2D eigenvalue weighted by atomic mass is 32.4. The minimum absolute atomic E-state index is 1.16. The maximum absolute atomic E-state index is 4.89. The van der Waals surface area contributed by atoms with Crippen LogP contribution in [0.4, 0.5) is 0 Å². The molecule has 0 heterocycles. The first-order valence-electron chi connectivity index (χ1n) is 6.71. The highest BCUT2D eigenvalue weighted by molar-refractivity contribution is 7.96. The van der Waals surface area contributed by atoms with Crippen LogP contribution >= 0.6 is 7.36 Å². The first-order valence-corrected chi connectivity index (χ1v) is 8.80. The molecule has 90 valence electrons. The monoisotopic (exact) mass is 246 g/mol. The second-order valence-corrected chi connectivity index (χ2v) is 5.87. The molecular weight excluding hydrogens is 219 g/mol. The van der Waals surface area contributed by atoms with Crippen LogP contribution in [0.15, 0.2) is 0 Å². The Morgan fingerprint density at radius 1 is 0.667 bits per heavy atom. The number of hydrogen-bond acceptors (Lipinski definition) is 1. The Morgan fingerprint density at radius 3 is 1.47 bits per heavy atom. The van der Waals surface area contributed by atoms with E-state index < -0.39 is 0 Å². The third-order valence-electron chi connectivity index (χ3n) is 2.85. The molecule has 15 heavy (non-hydrogen) atoms.